The molecule has 1 N–H and O–H groups in total. The van der Waals surface area contributed by atoms with E-state index in [1.54, 1.807) is 32.3 Å². The molecule has 0 fully saturated rings. The van der Waals surface area contributed by atoms with Gasteiger partial charge in [0.1, 0.15) is 11.5 Å². The van der Waals surface area contributed by atoms with Crippen molar-refractivity contribution in [2.75, 3.05) is 13.2 Å². The SMILES string of the molecule is CC(C)(CCCON1CCc2c(n(Cc3ncccc3F)c3ncccc23)C1)C(=O)O. The van der Waals surface area contributed by atoms with Crippen LogP contribution in [0.3, 0.4) is 0 Å². The molecule has 0 saturated heterocycles. The molecule has 0 atom stereocenters. The molecule has 3 aromatic heterocycles. The first-order valence-electron chi connectivity index (χ1n) is 10.5. The van der Waals surface area contributed by atoms with Gasteiger partial charge in [-0.3, -0.25) is 14.6 Å². The maximum Gasteiger partial charge on any atom is 0.309 e. The second kappa shape index (κ2) is 8.72. The molecule has 0 radical (unpaired) electrons. The number of halogens is 1. The molecule has 0 aromatic carbocycles. The topological polar surface area (TPSA) is 80.5 Å². The largest absolute Gasteiger partial charge is 0.481 e. The summed E-state index contributed by atoms with van der Waals surface area (Å²) in [5.74, 6) is -1.13. The number of hydrogen-bond donors (Lipinski definition) is 1. The number of fused-ring (bicyclic) bond motifs is 3. The van der Waals surface area contributed by atoms with Gasteiger partial charge < -0.3 is 9.67 Å². The maximum atomic E-state index is 14.3. The molecule has 4 rings (SSSR count). The van der Waals surface area contributed by atoms with Crippen molar-refractivity contribution in [1.29, 1.82) is 0 Å². The van der Waals surface area contributed by atoms with Crippen LogP contribution in [-0.4, -0.2) is 43.8 Å². The van der Waals surface area contributed by atoms with Crippen LogP contribution in [0.25, 0.3) is 11.0 Å². The van der Waals surface area contributed by atoms with Gasteiger partial charge >= 0.3 is 5.97 Å². The maximum absolute atomic E-state index is 14.3. The van der Waals surface area contributed by atoms with Crippen LogP contribution < -0.4 is 0 Å². The van der Waals surface area contributed by atoms with E-state index in [9.17, 15) is 14.3 Å². The van der Waals surface area contributed by atoms with Crippen molar-refractivity contribution in [3.05, 3.63) is 59.4 Å². The number of aromatic nitrogens is 3. The summed E-state index contributed by atoms with van der Waals surface area (Å²) in [6.07, 6.45) is 5.35. The number of aliphatic carboxylic acids is 1. The summed E-state index contributed by atoms with van der Waals surface area (Å²) >= 11 is 0. The molecule has 3 aromatic rings. The van der Waals surface area contributed by atoms with Crippen LogP contribution in [0, 0.1) is 11.2 Å². The Morgan fingerprint density at radius 2 is 2.03 bits per heavy atom. The predicted molar refractivity (Wildman–Crippen MR) is 114 cm³/mol. The Hall–Kier alpha value is -2.84. The Morgan fingerprint density at radius 1 is 1.26 bits per heavy atom. The average molecular weight is 426 g/mol. The first kappa shape index (κ1) is 21.4. The predicted octanol–water partition coefficient (Wildman–Crippen LogP) is 3.80. The zero-order chi connectivity index (χ0) is 22.0. The van der Waals surface area contributed by atoms with E-state index in [-0.39, 0.29) is 5.82 Å². The zero-order valence-electron chi connectivity index (χ0n) is 17.8. The number of carboxylic acid groups (broad SMARTS) is 1. The summed E-state index contributed by atoms with van der Waals surface area (Å²) in [5.41, 5.74) is 2.70. The van der Waals surface area contributed by atoms with Crippen molar-refractivity contribution in [1.82, 2.24) is 19.6 Å². The van der Waals surface area contributed by atoms with Gasteiger partial charge in [-0.25, -0.2) is 9.37 Å². The van der Waals surface area contributed by atoms with Crippen LogP contribution in [-0.2, 0) is 29.1 Å². The van der Waals surface area contributed by atoms with Crippen LogP contribution in [0.4, 0.5) is 4.39 Å². The van der Waals surface area contributed by atoms with Crippen molar-refractivity contribution >= 4 is 17.0 Å². The fraction of sp³-hybridized carbons (Fsp3) is 0.435. The summed E-state index contributed by atoms with van der Waals surface area (Å²) in [6.45, 7) is 5.51. The van der Waals surface area contributed by atoms with E-state index in [0.717, 1.165) is 29.7 Å². The lowest BCUT2D eigenvalue weighted by Crippen LogP contribution is -2.32. The van der Waals surface area contributed by atoms with E-state index in [1.165, 1.54) is 11.6 Å². The second-order valence-corrected chi connectivity index (χ2v) is 8.56. The van der Waals surface area contributed by atoms with Crippen LogP contribution in [0.1, 0.15) is 43.6 Å². The van der Waals surface area contributed by atoms with Crippen LogP contribution >= 0.6 is 0 Å². The van der Waals surface area contributed by atoms with Crippen molar-refractivity contribution in [3.63, 3.8) is 0 Å². The molecule has 0 amide bonds. The lowest BCUT2D eigenvalue weighted by atomic mass is 9.88. The van der Waals surface area contributed by atoms with Gasteiger partial charge in [-0.05, 0) is 62.9 Å². The number of hydrogen-bond acceptors (Lipinski definition) is 5. The van der Waals surface area contributed by atoms with Gasteiger partial charge in [-0.15, -0.1) is 0 Å². The first-order valence-corrected chi connectivity index (χ1v) is 10.5. The second-order valence-electron chi connectivity index (χ2n) is 8.56. The van der Waals surface area contributed by atoms with E-state index < -0.39 is 11.4 Å². The molecule has 0 unspecified atom stereocenters. The summed E-state index contributed by atoms with van der Waals surface area (Å²) in [6, 6.07) is 6.97. The Bertz CT molecular complexity index is 1100. The Kier molecular flexibility index (Phi) is 6.02. The van der Waals surface area contributed by atoms with Gasteiger partial charge in [0, 0.05) is 30.0 Å². The quantitative estimate of drug-likeness (QED) is 0.552. The highest BCUT2D eigenvalue weighted by atomic mass is 19.1. The van der Waals surface area contributed by atoms with Crippen LogP contribution in [0.2, 0.25) is 0 Å². The third-order valence-electron chi connectivity index (χ3n) is 5.92. The van der Waals surface area contributed by atoms with Gasteiger partial charge in [0.15, 0.2) is 0 Å². The summed E-state index contributed by atoms with van der Waals surface area (Å²) in [5, 5.41) is 12.2. The normalized spacial score (nSPS) is 14.7. The standard InChI is InChI=1S/C23H27FN4O3/c1-23(2,22(29)30)9-5-13-31-27-12-8-16-17-6-3-11-26-21(17)28(20(16)15-27)14-19-18(24)7-4-10-25-19/h3-4,6-7,10-11H,5,8-9,12-15H2,1-2H3,(H,29,30). The van der Waals surface area contributed by atoms with Crippen LogP contribution in [0.15, 0.2) is 36.7 Å². The molecule has 1 aliphatic heterocycles. The molecule has 4 heterocycles. The molecule has 7 nitrogen and oxygen atoms in total. The highest BCUT2D eigenvalue weighted by molar-refractivity contribution is 5.82. The van der Waals surface area contributed by atoms with Crippen LogP contribution in [0.5, 0.6) is 0 Å². The fourth-order valence-electron chi connectivity index (χ4n) is 4.02. The molecule has 1 aliphatic rings. The van der Waals surface area contributed by atoms with E-state index >= 15 is 0 Å². The fourth-order valence-corrected chi connectivity index (χ4v) is 4.02. The highest BCUT2D eigenvalue weighted by Gasteiger charge is 2.28. The summed E-state index contributed by atoms with van der Waals surface area (Å²) < 4.78 is 16.3. The molecular formula is C23H27FN4O3. The van der Waals surface area contributed by atoms with Crippen molar-refractivity contribution in [2.45, 2.75) is 46.2 Å². The van der Waals surface area contributed by atoms with Gasteiger partial charge in [-0.2, -0.15) is 5.06 Å². The van der Waals surface area contributed by atoms with Gasteiger partial charge in [0.2, 0.25) is 0 Å². The Morgan fingerprint density at radius 3 is 2.81 bits per heavy atom. The minimum absolute atomic E-state index is 0.302. The van der Waals surface area contributed by atoms with Gasteiger partial charge in [-0.1, -0.05) is 0 Å². The Labute approximate surface area is 180 Å². The average Bonchev–Trinajstić information content (AvgIpc) is 3.06. The van der Waals surface area contributed by atoms with Gasteiger partial charge in [0.05, 0.1) is 30.8 Å². The van der Waals surface area contributed by atoms with Crippen molar-refractivity contribution in [3.8, 4) is 0 Å². The van der Waals surface area contributed by atoms with Crippen molar-refractivity contribution in [2.24, 2.45) is 5.41 Å². The molecule has 8 heteroatoms. The van der Waals surface area contributed by atoms with E-state index in [4.69, 9.17) is 4.84 Å². The summed E-state index contributed by atoms with van der Waals surface area (Å²) in [4.78, 5) is 26.0. The number of carbonyl (C=O) groups is 1. The number of pyridine rings is 2. The molecule has 0 spiro atoms. The molecule has 164 valence electrons. The number of rotatable bonds is 8. The minimum atomic E-state index is -0.797. The monoisotopic (exact) mass is 426 g/mol. The summed E-state index contributed by atoms with van der Waals surface area (Å²) in [7, 11) is 0. The number of carboxylic acids is 1. The molecular weight excluding hydrogens is 399 g/mol. The molecule has 31 heavy (non-hydrogen) atoms. The zero-order valence-corrected chi connectivity index (χ0v) is 17.8. The van der Waals surface area contributed by atoms with Crippen molar-refractivity contribution < 1.29 is 19.1 Å². The molecule has 0 aliphatic carbocycles. The molecule has 0 saturated carbocycles. The lowest BCUT2D eigenvalue weighted by Gasteiger charge is -2.28. The highest BCUT2D eigenvalue weighted by Crippen LogP contribution is 2.31. The van der Waals surface area contributed by atoms with E-state index in [2.05, 4.69) is 16.0 Å². The smallest absolute Gasteiger partial charge is 0.309 e. The number of hydroxylamine groups is 2. The Balaban J connectivity index is 1.51. The third kappa shape index (κ3) is 4.45. The van der Waals surface area contributed by atoms with E-state index in [0.29, 0.717) is 38.2 Å². The number of nitrogens with zero attached hydrogens (tertiary/aromatic N) is 4. The molecule has 0 bridgehead atoms. The van der Waals surface area contributed by atoms with E-state index in [1.807, 2.05) is 15.7 Å². The third-order valence-corrected chi connectivity index (χ3v) is 5.92. The van der Waals surface area contributed by atoms with Gasteiger partial charge in [0.25, 0.3) is 0 Å². The first-order chi connectivity index (χ1) is 14.9. The minimum Gasteiger partial charge on any atom is -0.481 e. The lowest BCUT2D eigenvalue weighted by molar-refractivity contribution is -0.173.